The molecule has 0 bridgehead atoms. The molecule has 108 valence electrons. The summed E-state index contributed by atoms with van der Waals surface area (Å²) in [6.45, 7) is 0.0468. The van der Waals surface area contributed by atoms with Gasteiger partial charge in [-0.2, -0.15) is 0 Å². The molecule has 2 rings (SSSR count). The standard InChI is InChI=1S/C11H18N2O5S/c14-10(15)9(7-3-4-7)13-11(16)12-6-8-2-1-5-19(8,17)18/h7-9H,1-6H2,(H,14,15)(H2,12,13,16). The largest absolute Gasteiger partial charge is 0.480 e. The Kier molecular flexibility index (Phi) is 3.98. The van der Waals surface area contributed by atoms with Crippen LogP contribution in [0.2, 0.25) is 0 Å². The van der Waals surface area contributed by atoms with E-state index in [0.717, 1.165) is 12.8 Å². The van der Waals surface area contributed by atoms with E-state index in [1.54, 1.807) is 0 Å². The Bertz CT molecular complexity index is 471. The first-order chi connectivity index (χ1) is 8.90. The first-order valence-corrected chi connectivity index (χ1v) is 8.10. The van der Waals surface area contributed by atoms with Gasteiger partial charge < -0.3 is 15.7 Å². The van der Waals surface area contributed by atoms with Crippen molar-refractivity contribution in [2.24, 2.45) is 5.92 Å². The van der Waals surface area contributed by atoms with E-state index in [4.69, 9.17) is 5.11 Å². The van der Waals surface area contributed by atoms with Gasteiger partial charge in [0.05, 0.1) is 11.0 Å². The van der Waals surface area contributed by atoms with Crippen molar-refractivity contribution in [3.05, 3.63) is 0 Å². The number of hydrogen-bond donors (Lipinski definition) is 3. The quantitative estimate of drug-likeness (QED) is 0.645. The number of aliphatic carboxylic acids is 1. The highest BCUT2D eigenvalue weighted by molar-refractivity contribution is 7.92. The maximum Gasteiger partial charge on any atom is 0.326 e. The van der Waals surface area contributed by atoms with E-state index in [0.29, 0.717) is 12.8 Å². The molecule has 1 saturated carbocycles. The molecule has 19 heavy (non-hydrogen) atoms. The van der Waals surface area contributed by atoms with Crippen LogP contribution in [0.3, 0.4) is 0 Å². The smallest absolute Gasteiger partial charge is 0.326 e. The van der Waals surface area contributed by atoms with E-state index in [1.165, 1.54) is 0 Å². The minimum atomic E-state index is -3.09. The molecule has 2 amide bonds. The lowest BCUT2D eigenvalue weighted by atomic mass is 10.2. The number of hydrogen-bond acceptors (Lipinski definition) is 4. The van der Waals surface area contributed by atoms with Crippen molar-refractivity contribution in [2.75, 3.05) is 12.3 Å². The molecule has 1 aliphatic carbocycles. The fraction of sp³-hybridized carbons (Fsp3) is 0.818. The van der Waals surface area contributed by atoms with Gasteiger partial charge in [-0.05, 0) is 31.6 Å². The number of sulfone groups is 1. The Balaban J connectivity index is 1.79. The molecule has 2 atom stereocenters. The highest BCUT2D eigenvalue weighted by Gasteiger charge is 2.37. The topological polar surface area (TPSA) is 113 Å². The van der Waals surface area contributed by atoms with Crippen molar-refractivity contribution in [2.45, 2.75) is 37.0 Å². The molecule has 8 heteroatoms. The summed E-state index contributed by atoms with van der Waals surface area (Å²) in [5.74, 6) is -0.884. The number of carbonyl (C=O) groups is 2. The van der Waals surface area contributed by atoms with Crippen LogP contribution in [0.15, 0.2) is 0 Å². The number of carboxylic acid groups (broad SMARTS) is 1. The van der Waals surface area contributed by atoms with Gasteiger partial charge >= 0.3 is 12.0 Å². The van der Waals surface area contributed by atoms with Crippen molar-refractivity contribution in [3.8, 4) is 0 Å². The zero-order chi connectivity index (χ0) is 14.0. The van der Waals surface area contributed by atoms with Gasteiger partial charge in [-0.3, -0.25) is 0 Å². The van der Waals surface area contributed by atoms with Crippen LogP contribution in [0, 0.1) is 5.92 Å². The molecule has 0 radical (unpaired) electrons. The second-order valence-electron chi connectivity index (χ2n) is 5.14. The minimum absolute atomic E-state index is 0.00142. The average molecular weight is 290 g/mol. The minimum Gasteiger partial charge on any atom is -0.480 e. The van der Waals surface area contributed by atoms with Gasteiger partial charge in [0, 0.05) is 6.54 Å². The predicted octanol–water partition coefficient (Wildman–Crippen LogP) is -0.274. The zero-order valence-corrected chi connectivity index (χ0v) is 11.3. The van der Waals surface area contributed by atoms with Crippen molar-refractivity contribution in [3.63, 3.8) is 0 Å². The van der Waals surface area contributed by atoms with E-state index in [1.807, 2.05) is 0 Å². The van der Waals surface area contributed by atoms with Gasteiger partial charge in [0.15, 0.2) is 9.84 Å². The van der Waals surface area contributed by atoms with Gasteiger partial charge in [-0.15, -0.1) is 0 Å². The summed E-state index contributed by atoms with van der Waals surface area (Å²) in [6.07, 6.45) is 2.77. The molecule has 2 fully saturated rings. The Hall–Kier alpha value is -1.31. The third kappa shape index (κ3) is 3.59. The fourth-order valence-corrected chi connectivity index (χ4v) is 4.06. The van der Waals surface area contributed by atoms with Gasteiger partial charge in [-0.1, -0.05) is 0 Å². The molecular weight excluding hydrogens is 272 g/mol. The van der Waals surface area contributed by atoms with E-state index < -0.39 is 33.1 Å². The van der Waals surface area contributed by atoms with Gasteiger partial charge in [0.2, 0.25) is 0 Å². The molecular formula is C11H18N2O5S. The first kappa shape index (κ1) is 14.1. The van der Waals surface area contributed by atoms with Crippen LogP contribution >= 0.6 is 0 Å². The number of urea groups is 1. The summed E-state index contributed by atoms with van der Waals surface area (Å²) < 4.78 is 23.1. The van der Waals surface area contributed by atoms with Crippen molar-refractivity contribution in [1.29, 1.82) is 0 Å². The predicted molar refractivity (Wildman–Crippen MR) is 67.5 cm³/mol. The molecule has 3 N–H and O–H groups in total. The van der Waals surface area contributed by atoms with Gasteiger partial charge in [0.25, 0.3) is 0 Å². The Morgan fingerprint density at radius 2 is 1.95 bits per heavy atom. The molecule has 0 aromatic carbocycles. The first-order valence-electron chi connectivity index (χ1n) is 6.39. The molecule has 7 nitrogen and oxygen atoms in total. The Morgan fingerprint density at radius 3 is 2.42 bits per heavy atom. The third-order valence-corrected chi connectivity index (χ3v) is 5.87. The number of carbonyl (C=O) groups excluding carboxylic acids is 1. The number of amides is 2. The Morgan fingerprint density at radius 1 is 1.26 bits per heavy atom. The van der Waals surface area contributed by atoms with Crippen molar-refractivity contribution in [1.82, 2.24) is 10.6 Å². The van der Waals surface area contributed by atoms with Crippen LogP contribution in [0.4, 0.5) is 4.79 Å². The SMILES string of the molecule is O=C(NCC1CCCS1(=O)=O)NC(C(=O)O)C1CC1. The summed E-state index contributed by atoms with van der Waals surface area (Å²) >= 11 is 0. The second kappa shape index (κ2) is 5.36. The average Bonchev–Trinajstić information content (AvgIpc) is 3.08. The molecule has 0 spiro atoms. The summed E-state index contributed by atoms with van der Waals surface area (Å²) in [7, 11) is -3.09. The number of carboxylic acids is 1. The van der Waals surface area contributed by atoms with Crippen LogP contribution in [-0.4, -0.2) is 49.1 Å². The lowest BCUT2D eigenvalue weighted by molar-refractivity contribution is -0.139. The van der Waals surface area contributed by atoms with E-state index in [2.05, 4.69) is 10.6 Å². The summed E-state index contributed by atoms with van der Waals surface area (Å²) in [5, 5.41) is 13.3. The molecule has 1 aliphatic heterocycles. The van der Waals surface area contributed by atoms with E-state index in [9.17, 15) is 18.0 Å². The maximum absolute atomic E-state index is 11.6. The lowest BCUT2D eigenvalue weighted by Gasteiger charge is -2.16. The van der Waals surface area contributed by atoms with Crippen LogP contribution in [-0.2, 0) is 14.6 Å². The molecule has 0 aromatic heterocycles. The molecule has 0 aromatic rings. The van der Waals surface area contributed by atoms with Crippen LogP contribution in [0.5, 0.6) is 0 Å². The van der Waals surface area contributed by atoms with Crippen LogP contribution in [0.25, 0.3) is 0 Å². The highest BCUT2D eigenvalue weighted by atomic mass is 32.2. The fourth-order valence-electron chi connectivity index (χ4n) is 2.30. The molecule has 1 heterocycles. The zero-order valence-electron chi connectivity index (χ0n) is 10.5. The van der Waals surface area contributed by atoms with E-state index in [-0.39, 0.29) is 18.2 Å². The maximum atomic E-state index is 11.6. The Labute approximate surface area is 111 Å². The van der Waals surface area contributed by atoms with Crippen molar-refractivity contribution >= 4 is 21.8 Å². The normalized spacial score (nSPS) is 26.6. The van der Waals surface area contributed by atoms with Crippen LogP contribution in [0.1, 0.15) is 25.7 Å². The van der Waals surface area contributed by atoms with Gasteiger partial charge in [-0.25, -0.2) is 18.0 Å². The third-order valence-electron chi connectivity index (χ3n) is 3.60. The molecule has 2 unspecified atom stereocenters. The van der Waals surface area contributed by atoms with Gasteiger partial charge in [0.1, 0.15) is 6.04 Å². The second-order valence-corrected chi connectivity index (χ2v) is 7.54. The molecule has 2 aliphatic rings. The summed E-state index contributed by atoms with van der Waals surface area (Å²) in [5.41, 5.74) is 0. The van der Waals surface area contributed by atoms with Crippen molar-refractivity contribution < 1.29 is 23.1 Å². The molecule has 1 saturated heterocycles. The number of nitrogens with one attached hydrogen (secondary N) is 2. The highest BCUT2D eigenvalue weighted by Crippen LogP contribution is 2.32. The number of rotatable bonds is 5. The lowest BCUT2D eigenvalue weighted by Crippen LogP contribution is -2.49. The van der Waals surface area contributed by atoms with E-state index >= 15 is 0 Å². The van der Waals surface area contributed by atoms with Crippen LogP contribution < -0.4 is 10.6 Å². The monoisotopic (exact) mass is 290 g/mol. The summed E-state index contributed by atoms with van der Waals surface area (Å²) in [4.78, 5) is 22.5. The summed E-state index contributed by atoms with van der Waals surface area (Å²) in [6, 6.07) is -1.48.